The minimum Gasteiger partial charge on any atom is -0.486 e. The number of carbonyl (C=O) groups is 1. The molecule has 0 aliphatic heterocycles. The van der Waals surface area contributed by atoms with Crippen molar-refractivity contribution in [2.75, 3.05) is 11.1 Å². The van der Waals surface area contributed by atoms with Crippen LogP contribution >= 0.6 is 11.8 Å². The van der Waals surface area contributed by atoms with Crippen LogP contribution in [-0.4, -0.2) is 26.4 Å². The fourth-order valence-electron chi connectivity index (χ4n) is 2.66. The molecule has 0 bridgehead atoms. The van der Waals surface area contributed by atoms with Crippen molar-refractivity contribution in [3.63, 3.8) is 0 Å². The van der Waals surface area contributed by atoms with Gasteiger partial charge in [0.05, 0.1) is 5.75 Å². The Morgan fingerprint density at radius 1 is 1.17 bits per heavy atom. The number of benzene rings is 2. The standard InChI is InChI=1S/C22H24N4O2S/c1-4-13-26-20(14-28-18-11-9-16(2)10-12-18)24-25-22(26)29-15-21(27)23-19-8-6-5-7-17(19)3/h4-12H,1,13-15H2,2-3H3,(H,23,27). The van der Waals surface area contributed by atoms with Crippen LogP contribution in [0.2, 0.25) is 0 Å². The number of hydrogen-bond acceptors (Lipinski definition) is 5. The molecule has 6 nitrogen and oxygen atoms in total. The lowest BCUT2D eigenvalue weighted by atomic mass is 10.2. The lowest BCUT2D eigenvalue weighted by Crippen LogP contribution is -2.15. The van der Waals surface area contributed by atoms with Gasteiger partial charge in [-0.1, -0.05) is 53.7 Å². The zero-order chi connectivity index (χ0) is 20.6. The smallest absolute Gasteiger partial charge is 0.234 e. The molecule has 0 saturated heterocycles. The van der Waals surface area contributed by atoms with Crippen molar-refractivity contribution in [3.05, 3.63) is 78.1 Å². The van der Waals surface area contributed by atoms with E-state index in [1.165, 1.54) is 17.3 Å². The summed E-state index contributed by atoms with van der Waals surface area (Å²) in [4.78, 5) is 12.3. The molecule has 1 N–H and O–H groups in total. The average Bonchev–Trinajstić information content (AvgIpc) is 3.10. The molecule has 3 aromatic rings. The van der Waals surface area contributed by atoms with Gasteiger partial charge in [0.15, 0.2) is 11.0 Å². The van der Waals surface area contributed by atoms with Crippen molar-refractivity contribution in [2.24, 2.45) is 0 Å². The molecule has 0 aliphatic carbocycles. The van der Waals surface area contributed by atoms with Gasteiger partial charge in [0.2, 0.25) is 5.91 Å². The van der Waals surface area contributed by atoms with Crippen LogP contribution < -0.4 is 10.1 Å². The van der Waals surface area contributed by atoms with Gasteiger partial charge in [0.25, 0.3) is 0 Å². The second-order valence-electron chi connectivity index (χ2n) is 6.55. The molecule has 1 amide bonds. The summed E-state index contributed by atoms with van der Waals surface area (Å²) in [6, 6.07) is 15.5. The van der Waals surface area contributed by atoms with Gasteiger partial charge in [-0.15, -0.1) is 16.8 Å². The molecule has 0 unspecified atom stereocenters. The molecule has 3 rings (SSSR count). The van der Waals surface area contributed by atoms with Crippen LogP contribution in [0.4, 0.5) is 5.69 Å². The van der Waals surface area contributed by atoms with Gasteiger partial charge in [0.1, 0.15) is 12.4 Å². The Morgan fingerprint density at radius 3 is 2.66 bits per heavy atom. The van der Waals surface area contributed by atoms with Crippen LogP contribution in [0.1, 0.15) is 17.0 Å². The number of hydrogen-bond donors (Lipinski definition) is 1. The topological polar surface area (TPSA) is 69.0 Å². The number of anilines is 1. The first-order chi connectivity index (χ1) is 14.1. The highest BCUT2D eigenvalue weighted by atomic mass is 32.2. The van der Waals surface area contributed by atoms with Crippen LogP contribution in [0.25, 0.3) is 0 Å². The average molecular weight is 409 g/mol. The number of allylic oxidation sites excluding steroid dienone is 1. The summed E-state index contributed by atoms with van der Waals surface area (Å²) in [5.74, 6) is 1.61. The molecule has 0 saturated carbocycles. The van der Waals surface area contributed by atoms with E-state index in [2.05, 4.69) is 22.1 Å². The maximum absolute atomic E-state index is 12.3. The quantitative estimate of drug-likeness (QED) is 0.420. The third-order valence-electron chi connectivity index (χ3n) is 4.25. The molecule has 0 radical (unpaired) electrons. The summed E-state index contributed by atoms with van der Waals surface area (Å²) in [6.45, 7) is 8.63. The Hall–Kier alpha value is -3.06. The number of thioether (sulfide) groups is 1. The fraction of sp³-hybridized carbons (Fsp3) is 0.227. The van der Waals surface area contributed by atoms with E-state index in [9.17, 15) is 4.79 Å². The third-order valence-corrected chi connectivity index (χ3v) is 5.21. The molecule has 150 valence electrons. The van der Waals surface area contributed by atoms with Gasteiger partial charge < -0.3 is 10.1 Å². The molecule has 0 aliphatic rings. The van der Waals surface area contributed by atoms with Crippen molar-refractivity contribution in [3.8, 4) is 5.75 Å². The predicted octanol–water partition coefficient (Wildman–Crippen LogP) is 4.39. The lowest BCUT2D eigenvalue weighted by molar-refractivity contribution is -0.113. The first-order valence-corrected chi connectivity index (χ1v) is 10.3. The third kappa shape index (κ3) is 5.71. The fourth-order valence-corrected chi connectivity index (χ4v) is 3.42. The van der Waals surface area contributed by atoms with Gasteiger partial charge in [-0.3, -0.25) is 9.36 Å². The van der Waals surface area contributed by atoms with Gasteiger partial charge in [-0.2, -0.15) is 0 Å². The largest absolute Gasteiger partial charge is 0.486 e. The molecule has 1 aromatic heterocycles. The number of nitrogens with zero attached hydrogens (tertiary/aromatic N) is 3. The van der Waals surface area contributed by atoms with Gasteiger partial charge in [0, 0.05) is 12.2 Å². The SMILES string of the molecule is C=CCn1c(COc2ccc(C)cc2)nnc1SCC(=O)Nc1ccccc1C. The monoisotopic (exact) mass is 408 g/mol. The number of para-hydroxylation sites is 1. The Morgan fingerprint density at radius 2 is 1.93 bits per heavy atom. The number of carbonyl (C=O) groups excluding carboxylic acids is 1. The maximum atomic E-state index is 12.3. The molecular weight excluding hydrogens is 384 g/mol. The minimum atomic E-state index is -0.0880. The molecule has 0 fully saturated rings. The van der Waals surface area contributed by atoms with Crippen LogP contribution in [0.15, 0.2) is 66.3 Å². The number of aryl methyl sites for hydroxylation is 2. The first-order valence-electron chi connectivity index (χ1n) is 9.27. The summed E-state index contributed by atoms with van der Waals surface area (Å²) >= 11 is 1.34. The first kappa shape index (κ1) is 20.7. The molecule has 0 atom stereocenters. The molecule has 2 aromatic carbocycles. The Balaban J connectivity index is 1.61. The van der Waals surface area contributed by atoms with Gasteiger partial charge in [-0.05, 0) is 37.6 Å². The predicted molar refractivity (Wildman–Crippen MR) is 116 cm³/mol. The van der Waals surface area contributed by atoms with Crippen LogP contribution in [0.5, 0.6) is 5.75 Å². The Labute approximate surface area is 175 Å². The van der Waals surface area contributed by atoms with Crippen LogP contribution in [0.3, 0.4) is 0 Å². The second-order valence-corrected chi connectivity index (χ2v) is 7.49. The van der Waals surface area contributed by atoms with E-state index in [-0.39, 0.29) is 11.7 Å². The summed E-state index contributed by atoms with van der Waals surface area (Å²) in [5, 5.41) is 12.0. The zero-order valence-electron chi connectivity index (χ0n) is 16.6. The van der Waals surface area contributed by atoms with Crippen molar-refractivity contribution >= 4 is 23.4 Å². The molecule has 29 heavy (non-hydrogen) atoms. The summed E-state index contributed by atoms with van der Waals surface area (Å²) in [7, 11) is 0. The summed E-state index contributed by atoms with van der Waals surface area (Å²) in [6.07, 6.45) is 1.77. The van der Waals surface area contributed by atoms with E-state index < -0.39 is 0 Å². The highest BCUT2D eigenvalue weighted by molar-refractivity contribution is 7.99. The molecular formula is C22H24N4O2S. The minimum absolute atomic E-state index is 0.0880. The lowest BCUT2D eigenvalue weighted by Gasteiger charge is -2.10. The van der Waals surface area contributed by atoms with Crippen LogP contribution in [-0.2, 0) is 17.9 Å². The second kappa shape index (κ2) is 9.93. The zero-order valence-corrected chi connectivity index (χ0v) is 17.4. The van der Waals surface area contributed by atoms with Gasteiger partial charge in [-0.25, -0.2) is 0 Å². The van der Waals surface area contributed by atoms with Crippen molar-refractivity contribution in [2.45, 2.75) is 32.2 Å². The highest BCUT2D eigenvalue weighted by Gasteiger charge is 2.14. The van der Waals surface area contributed by atoms with E-state index in [0.29, 0.717) is 24.1 Å². The van der Waals surface area contributed by atoms with E-state index >= 15 is 0 Å². The highest BCUT2D eigenvalue weighted by Crippen LogP contribution is 2.20. The number of amides is 1. The Kier molecular flexibility index (Phi) is 7.08. The van der Waals surface area contributed by atoms with Crippen molar-refractivity contribution in [1.29, 1.82) is 0 Å². The number of nitrogens with one attached hydrogen (secondary N) is 1. The van der Waals surface area contributed by atoms with E-state index in [1.807, 2.05) is 66.9 Å². The number of rotatable bonds is 9. The number of aromatic nitrogens is 3. The van der Waals surface area contributed by atoms with Crippen molar-refractivity contribution < 1.29 is 9.53 Å². The normalized spacial score (nSPS) is 10.6. The van der Waals surface area contributed by atoms with Crippen LogP contribution in [0, 0.1) is 13.8 Å². The van der Waals surface area contributed by atoms with E-state index in [0.717, 1.165) is 17.0 Å². The molecule has 1 heterocycles. The van der Waals surface area contributed by atoms with Crippen molar-refractivity contribution in [1.82, 2.24) is 14.8 Å². The summed E-state index contributed by atoms with van der Waals surface area (Å²) < 4.78 is 7.73. The van der Waals surface area contributed by atoms with Gasteiger partial charge >= 0.3 is 0 Å². The maximum Gasteiger partial charge on any atom is 0.234 e. The van der Waals surface area contributed by atoms with E-state index in [1.54, 1.807) is 6.08 Å². The molecule has 0 spiro atoms. The van der Waals surface area contributed by atoms with E-state index in [4.69, 9.17) is 4.74 Å². The number of ether oxygens (including phenoxy) is 1. The summed E-state index contributed by atoms with van der Waals surface area (Å²) in [5.41, 5.74) is 3.02. The molecule has 7 heteroatoms. The Bertz CT molecular complexity index is 983.